The molecular weight excluding hydrogens is 269 g/mol. The highest BCUT2D eigenvalue weighted by atomic mass is 19.4. The number of carbonyl (C=O) groups excluding carboxylic acids is 1. The molecule has 112 valence electrons. The molecule has 0 aliphatic rings. The lowest BCUT2D eigenvalue weighted by Gasteiger charge is -2.20. The van der Waals surface area contributed by atoms with Crippen molar-refractivity contribution in [2.45, 2.75) is 25.4 Å². The second kappa shape index (κ2) is 7.28. The molecule has 0 spiro atoms. The lowest BCUT2D eigenvalue weighted by molar-refractivity contribution is -0.157. The van der Waals surface area contributed by atoms with Crippen molar-refractivity contribution in [3.63, 3.8) is 0 Å². The monoisotopic (exact) mass is 288 g/mol. The van der Waals surface area contributed by atoms with Crippen LogP contribution in [0, 0.1) is 5.92 Å². The van der Waals surface area contributed by atoms with Gasteiger partial charge in [-0.15, -0.1) is 0 Å². The van der Waals surface area contributed by atoms with E-state index >= 15 is 0 Å². The average molecular weight is 288 g/mol. The molecule has 3 nitrogen and oxygen atoms in total. The Hall–Kier alpha value is -1.56. The minimum Gasteiger partial charge on any atom is -0.356 e. The van der Waals surface area contributed by atoms with E-state index in [0.29, 0.717) is 6.54 Å². The van der Waals surface area contributed by atoms with Crippen LogP contribution in [0.5, 0.6) is 0 Å². The highest BCUT2D eigenvalue weighted by Crippen LogP contribution is 2.37. The Morgan fingerprint density at radius 1 is 1.30 bits per heavy atom. The van der Waals surface area contributed by atoms with Crippen molar-refractivity contribution in [3.8, 4) is 0 Å². The minimum atomic E-state index is -4.45. The molecule has 1 aromatic rings. The van der Waals surface area contributed by atoms with Gasteiger partial charge in [0.05, 0.1) is 5.92 Å². The van der Waals surface area contributed by atoms with Gasteiger partial charge in [0.1, 0.15) is 0 Å². The Bertz CT molecular complexity index is 420. The third-order valence-electron chi connectivity index (χ3n) is 3.04. The van der Waals surface area contributed by atoms with E-state index in [4.69, 9.17) is 5.73 Å². The number of nitrogens with two attached hydrogens (primary N) is 1. The van der Waals surface area contributed by atoms with Crippen molar-refractivity contribution in [3.05, 3.63) is 35.9 Å². The third kappa shape index (κ3) is 5.21. The van der Waals surface area contributed by atoms with Crippen molar-refractivity contribution < 1.29 is 18.0 Å². The molecule has 0 saturated heterocycles. The number of benzene rings is 1. The van der Waals surface area contributed by atoms with Crippen molar-refractivity contribution in [1.82, 2.24) is 5.32 Å². The molecule has 20 heavy (non-hydrogen) atoms. The second-order valence-electron chi connectivity index (χ2n) is 4.85. The standard InChI is InChI=1S/C14H19F3N2O/c1-10(8-18)9-19-13(20)7-12(14(15,16)17)11-5-3-2-4-6-11/h2-6,10,12H,7-9,18H2,1H3,(H,19,20). The molecule has 2 atom stereocenters. The summed E-state index contributed by atoms with van der Waals surface area (Å²) in [7, 11) is 0. The van der Waals surface area contributed by atoms with Crippen molar-refractivity contribution in [2.24, 2.45) is 11.7 Å². The summed E-state index contributed by atoms with van der Waals surface area (Å²) in [6, 6.07) is 7.47. The van der Waals surface area contributed by atoms with Gasteiger partial charge in [-0.1, -0.05) is 37.3 Å². The maximum Gasteiger partial charge on any atom is 0.396 e. The van der Waals surface area contributed by atoms with Gasteiger partial charge in [-0.3, -0.25) is 4.79 Å². The molecule has 0 radical (unpaired) electrons. The number of alkyl halides is 3. The quantitative estimate of drug-likeness (QED) is 0.844. The lowest BCUT2D eigenvalue weighted by Crippen LogP contribution is -2.34. The topological polar surface area (TPSA) is 55.1 Å². The van der Waals surface area contributed by atoms with Gasteiger partial charge < -0.3 is 11.1 Å². The highest BCUT2D eigenvalue weighted by Gasteiger charge is 2.41. The van der Waals surface area contributed by atoms with Gasteiger partial charge in [-0.25, -0.2) is 0 Å². The van der Waals surface area contributed by atoms with E-state index in [9.17, 15) is 18.0 Å². The molecule has 1 aromatic carbocycles. The SMILES string of the molecule is CC(CN)CNC(=O)CC(c1ccccc1)C(F)(F)F. The number of hydrogen-bond acceptors (Lipinski definition) is 2. The first-order valence-electron chi connectivity index (χ1n) is 6.43. The molecule has 0 aliphatic carbocycles. The zero-order chi connectivity index (χ0) is 15.2. The normalized spacial score (nSPS) is 14.7. The summed E-state index contributed by atoms with van der Waals surface area (Å²) < 4.78 is 39.1. The van der Waals surface area contributed by atoms with Crippen LogP contribution in [0.1, 0.15) is 24.8 Å². The molecule has 1 rings (SSSR count). The van der Waals surface area contributed by atoms with E-state index < -0.39 is 24.4 Å². The van der Waals surface area contributed by atoms with Crippen molar-refractivity contribution in [2.75, 3.05) is 13.1 Å². The van der Waals surface area contributed by atoms with Gasteiger partial charge in [0.15, 0.2) is 0 Å². The average Bonchev–Trinajstić information content (AvgIpc) is 2.41. The summed E-state index contributed by atoms with van der Waals surface area (Å²) in [6.07, 6.45) is -5.05. The summed E-state index contributed by atoms with van der Waals surface area (Å²) in [4.78, 5) is 11.6. The van der Waals surface area contributed by atoms with E-state index in [0.717, 1.165) is 0 Å². The fraction of sp³-hybridized carbons (Fsp3) is 0.500. The summed E-state index contributed by atoms with van der Waals surface area (Å²) in [5, 5.41) is 2.49. The zero-order valence-corrected chi connectivity index (χ0v) is 11.3. The van der Waals surface area contributed by atoms with Crippen LogP contribution >= 0.6 is 0 Å². The van der Waals surface area contributed by atoms with Crippen LogP contribution in [0.25, 0.3) is 0 Å². The smallest absolute Gasteiger partial charge is 0.356 e. The highest BCUT2D eigenvalue weighted by molar-refractivity contribution is 5.77. The van der Waals surface area contributed by atoms with Crippen LogP contribution in [0.4, 0.5) is 13.2 Å². The largest absolute Gasteiger partial charge is 0.396 e. The van der Waals surface area contributed by atoms with Crippen molar-refractivity contribution >= 4 is 5.91 Å². The maximum atomic E-state index is 13.0. The Labute approximate surface area is 116 Å². The first kappa shape index (κ1) is 16.5. The van der Waals surface area contributed by atoms with E-state index in [1.807, 2.05) is 6.92 Å². The lowest BCUT2D eigenvalue weighted by atomic mass is 9.94. The Morgan fingerprint density at radius 3 is 2.40 bits per heavy atom. The van der Waals surface area contributed by atoms with Crippen molar-refractivity contribution in [1.29, 1.82) is 0 Å². The molecule has 3 N–H and O–H groups in total. The number of nitrogens with one attached hydrogen (secondary N) is 1. The minimum absolute atomic E-state index is 0.0417. The van der Waals surface area contributed by atoms with Crippen LogP contribution in [0.15, 0.2) is 30.3 Å². The molecule has 6 heteroatoms. The van der Waals surface area contributed by atoms with Crippen LogP contribution < -0.4 is 11.1 Å². The van der Waals surface area contributed by atoms with E-state index in [-0.39, 0.29) is 18.0 Å². The van der Waals surface area contributed by atoms with Crippen LogP contribution in [0.3, 0.4) is 0 Å². The van der Waals surface area contributed by atoms with Gasteiger partial charge in [0.25, 0.3) is 0 Å². The molecule has 0 aliphatic heterocycles. The fourth-order valence-corrected chi connectivity index (χ4v) is 1.74. The van der Waals surface area contributed by atoms with Gasteiger partial charge in [-0.05, 0) is 18.0 Å². The second-order valence-corrected chi connectivity index (χ2v) is 4.85. The van der Waals surface area contributed by atoms with Gasteiger partial charge in [0, 0.05) is 13.0 Å². The van der Waals surface area contributed by atoms with E-state index in [1.54, 1.807) is 6.07 Å². The molecule has 0 aromatic heterocycles. The zero-order valence-electron chi connectivity index (χ0n) is 11.3. The Balaban J connectivity index is 2.70. The summed E-state index contributed by atoms with van der Waals surface area (Å²) in [5.41, 5.74) is 5.49. The predicted molar refractivity (Wildman–Crippen MR) is 71.1 cm³/mol. The number of rotatable bonds is 6. The fourth-order valence-electron chi connectivity index (χ4n) is 1.74. The number of halogens is 3. The number of amides is 1. The maximum absolute atomic E-state index is 13.0. The summed E-state index contributed by atoms with van der Waals surface area (Å²) in [5.74, 6) is -2.35. The van der Waals surface area contributed by atoms with Gasteiger partial charge >= 0.3 is 6.18 Å². The first-order valence-corrected chi connectivity index (χ1v) is 6.43. The van der Waals surface area contributed by atoms with Crippen LogP contribution in [-0.2, 0) is 4.79 Å². The van der Waals surface area contributed by atoms with E-state index in [2.05, 4.69) is 5.32 Å². The molecular formula is C14H19F3N2O. The molecule has 2 unspecified atom stereocenters. The van der Waals surface area contributed by atoms with Crippen LogP contribution in [0.2, 0.25) is 0 Å². The molecule has 0 heterocycles. The van der Waals surface area contributed by atoms with Gasteiger partial charge in [0.2, 0.25) is 5.91 Å². The summed E-state index contributed by atoms with van der Waals surface area (Å²) >= 11 is 0. The van der Waals surface area contributed by atoms with Gasteiger partial charge in [-0.2, -0.15) is 13.2 Å². The Morgan fingerprint density at radius 2 is 1.90 bits per heavy atom. The Kier molecular flexibility index (Phi) is 6.01. The number of carbonyl (C=O) groups is 1. The summed E-state index contributed by atoms with van der Waals surface area (Å²) in [6.45, 7) is 2.48. The van der Waals surface area contributed by atoms with E-state index in [1.165, 1.54) is 24.3 Å². The number of hydrogen-bond donors (Lipinski definition) is 2. The predicted octanol–water partition coefficient (Wildman–Crippen LogP) is 2.43. The third-order valence-corrected chi connectivity index (χ3v) is 3.04. The first-order chi connectivity index (χ1) is 9.34. The molecule has 0 saturated carbocycles. The van der Waals surface area contributed by atoms with Crippen LogP contribution in [-0.4, -0.2) is 25.2 Å². The molecule has 1 amide bonds. The molecule has 0 fully saturated rings. The molecule has 0 bridgehead atoms.